The molecule has 2 aromatic heterocycles. The van der Waals surface area contributed by atoms with E-state index in [1.807, 2.05) is 27.7 Å². The van der Waals surface area contributed by atoms with Crippen molar-refractivity contribution in [3.05, 3.63) is 20.8 Å². The van der Waals surface area contributed by atoms with Crippen LogP contribution >= 0.6 is 23.1 Å². The summed E-state index contributed by atoms with van der Waals surface area (Å²) in [5.74, 6) is 0.203. The van der Waals surface area contributed by atoms with Gasteiger partial charge >= 0.3 is 0 Å². The lowest BCUT2D eigenvalue weighted by Gasteiger charge is -2.24. The van der Waals surface area contributed by atoms with E-state index in [0.717, 1.165) is 33.5 Å². The van der Waals surface area contributed by atoms with E-state index in [1.54, 1.807) is 34.9 Å². The molecule has 0 bridgehead atoms. The second kappa shape index (κ2) is 8.57. The van der Waals surface area contributed by atoms with Gasteiger partial charge in [0, 0.05) is 25.5 Å². The highest BCUT2D eigenvalue weighted by atomic mass is 32.2. The molecule has 0 saturated heterocycles. The fourth-order valence-corrected chi connectivity index (χ4v) is 5.09. The Morgan fingerprint density at radius 3 is 2.50 bits per heavy atom. The number of carbonyl (C=O) groups is 1. The third kappa shape index (κ3) is 4.14. The summed E-state index contributed by atoms with van der Waals surface area (Å²) in [5, 5.41) is 1.13. The molecule has 0 fully saturated rings. The zero-order valence-corrected chi connectivity index (χ0v) is 18.4. The number of amides is 1. The summed E-state index contributed by atoms with van der Waals surface area (Å²) in [5.41, 5.74) is 1.04. The second-order valence-electron chi connectivity index (χ2n) is 7.18. The number of hydrogen-bond acceptors (Lipinski definition) is 5. The zero-order chi connectivity index (χ0) is 19.6. The lowest BCUT2D eigenvalue weighted by atomic mass is 10.1. The monoisotopic (exact) mass is 395 g/mol. The zero-order valence-electron chi connectivity index (χ0n) is 16.8. The van der Waals surface area contributed by atoms with Crippen LogP contribution in [-0.2, 0) is 11.3 Å². The van der Waals surface area contributed by atoms with Crippen molar-refractivity contribution in [2.45, 2.75) is 64.4 Å². The van der Waals surface area contributed by atoms with Crippen LogP contribution in [0.5, 0.6) is 0 Å². The molecule has 0 saturated carbocycles. The molecule has 0 aliphatic rings. The van der Waals surface area contributed by atoms with E-state index in [-0.39, 0.29) is 22.6 Å². The van der Waals surface area contributed by atoms with E-state index in [0.29, 0.717) is 11.7 Å². The molecule has 2 rings (SSSR count). The predicted molar refractivity (Wildman–Crippen MR) is 111 cm³/mol. The minimum Gasteiger partial charge on any atom is -0.348 e. The molecule has 1 atom stereocenters. The van der Waals surface area contributed by atoms with Crippen LogP contribution in [0.1, 0.15) is 44.1 Å². The van der Waals surface area contributed by atoms with Crippen molar-refractivity contribution in [3.8, 4) is 0 Å². The molecule has 0 aromatic carbocycles. The van der Waals surface area contributed by atoms with Crippen molar-refractivity contribution >= 4 is 39.2 Å². The van der Waals surface area contributed by atoms with Crippen LogP contribution in [0.3, 0.4) is 0 Å². The van der Waals surface area contributed by atoms with Gasteiger partial charge in [-0.25, -0.2) is 4.98 Å². The maximum atomic E-state index is 13.2. The summed E-state index contributed by atoms with van der Waals surface area (Å²) in [6.07, 6.45) is 1.91. The molecule has 144 valence electrons. The van der Waals surface area contributed by atoms with Gasteiger partial charge in [0.15, 0.2) is 5.16 Å². The van der Waals surface area contributed by atoms with Gasteiger partial charge in [-0.3, -0.25) is 14.2 Å². The summed E-state index contributed by atoms with van der Waals surface area (Å²) in [6.45, 7) is 10.8. The normalized spacial score (nSPS) is 12.8. The van der Waals surface area contributed by atoms with Crippen LogP contribution in [0.2, 0.25) is 0 Å². The molecule has 0 radical (unpaired) electrons. The Balaban J connectivity index is 2.60. The van der Waals surface area contributed by atoms with Gasteiger partial charge in [0.2, 0.25) is 5.91 Å². The van der Waals surface area contributed by atoms with Gasteiger partial charge in [0.25, 0.3) is 5.56 Å². The lowest BCUT2D eigenvalue weighted by Crippen LogP contribution is -2.35. The van der Waals surface area contributed by atoms with Crippen LogP contribution in [0.4, 0.5) is 0 Å². The molecule has 5 nitrogen and oxygen atoms in total. The Labute approximate surface area is 163 Å². The van der Waals surface area contributed by atoms with E-state index in [9.17, 15) is 9.59 Å². The highest BCUT2D eigenvalue weighted by Crippen LogP contribution is 2.32. The second-order valence-corrected chi connectivity index (χ2v) is 9.50. The topological polar surface area (TPSA) is 55.2 Å². The molecule has 1 amide bonds. The lowest BCUT2D eigenvalue weighted by molar-refractivity contribution is -0.128. The Morgan fingerprint density at radius 2 is 1.96 bits per heavy atom. The Kier molecular flexibility index (Phi) is 6.91. The Hall–Kier alpha value is -1.34. The molecule has 0 N–H and O–H groups in total. The number of fused-ring (bicyclic) bond motifs is 1. The number of rotatable bonds is 7. The minimum absolute atomic E-state index is 0.0209. The van der Waals surface area contributed by atoms with Gasteiger partial charge in [-0.2, -0.15) is 0 Å². The van der Waals surface area contributed by atoms with Crippen molar-refractivity contribution in [1.29, 1.82) is 0 Å². The maximum Gasteiger partial charge on any atom is 0.263 e. The van der Waals surface area contributed by atoms with Gasteiger partial charge in [-0.15, -0.1) is 11.3 Å². The number of thiophene rings is 1. The van der Waals surface area contributed by atoms with Gasteiger partial charge in [-0.1, -0.05) is 39.0 Å². The molecule has 0 spiro atoms. The maximum absolute atomic E-state index is 13.2. The van der Waals surface area contributed by atoms with Crippen molar-refractivity contribution in [1.82, 2.24) is 14.5 Å². The first-order valence-corrected chi connectivity index (χ1v) is 10.8. The highest BCUT2D eigenvalue weighted by molar-refractivity contribution is 8.00. The quantitative estimate of drug-likeness (QED) is 0.524. The van der Waals surface area contributed by atoms with Gasteiger partial charge in [0.05, 0.1) is 10.6 Å². The number of unbranched alkanes of at least 4 members (excludes halogenated alkanes) is 1. The number of thioether (sulfide) groups is 1. The SMILES string of the molecule is CCCCn1c(SC(C(=O)N(C)C)C(C)C)nc2sc(C)c(C)c2c1=O. The predicted octanol–water partition coefficient (Wildman–Crippen LogP) is 4.08. The number of carbonyl (C=O) groups excluding carboxylic acids is 1. The average molecular weight is 396 g/mol. The number of nitrogens with zero attached hydrogens (tertiary/aromatic N) is 3. The first kappa shape index (κ1) is 21.0. The van der Waals surface area contributed by atoms with Crippen LogP contribution < -0.4 is 5.56 Å². The van der Waals surface area contributed by atoms with Crippen molar-refractivity contribution < 1.29 is 4.79 Å². The molecule has 0 aliphatic heterocycles. The van der Waals surface area contributed by atoms with Crippen LogP contribution in [0.15, 0.2) is 9.95 Å². The van der Waals surface area contributed by atoms with Crippen molar-refractivity contribution in [2.75, 3.05) is 14.1 Å². The molecule has 7 heteroatoms. The third-order valence-electron chi connectivity index (χ3n) is 4.51. The molecule has 2 aromatic rings. The van der Waals surface area contributed by atoms with Gasteiger partial charge < -0.3 is 4.90 Å². The summed E-state index contributed by atoms with van der Waals surface area (Å²) in [4.78, 5) is 34.1. The Bertz CT molecular complexity index is 853. The van der Waals surface area contributed by atoms with Crippen LogP contribution in [-0.4, -0.2) is 39.7 Å². The summed E-state index contributed by atoms with van der Waals surface area (Å²) < 4.78 is 1.77. The molecular weight excluding hydrogens is 366 g/mol. The summed E-state index contributed by atoms with van der Waals surface area (Å²) >= 11 is 2.98. The fourth-order valence-electron chi connectivity index (χ4n) is 2.75. The van der Waals surface area contributed by atoms with Crippen LogP contribution in [0, 0.1) is 19.8 Å². The van der Waals surface area contributed by atoms with E-state index in [1.165, 1.54) is 11.8 Å². The molecule has 0 aliphatic carbocycles. The third-order valence-corrected chi connectivity index (χ3v) is 7.13. The van der Waals surface area contributed by atoms with E-state index < -0.39 is 0 Å². The van der Waals surface area contributed by atoms with Crippen LogP contribution in [0.25, 0.3) is 10.2 Å². The van der Waals surface area contributed by atoms with E-state index in [4.69, 9.17) is 4.98 Å². The summed E-state index contributed by atoms with van der Waals surface area (Å²) in [6, 6.07) is 0. The fraction of sp³-hybridized carbons (Fsp3) is 0.632. The molecular formula is C19H29N3O2S2. The van der Waals surface area contributed by atoms with Crippen molar-refractivity contribution in [3.63, 3.8) is 0 Å². The summed E-state index contributed by atoms with van der Waals surface area (Å²) in [7, 11) is 3.54. The smallest absolute Gasteiger partial charge is 0.263 e. The highest BCUT2D eigenvalue weighted by Gasteiger charge is 2.28. The van der Waals surface area contributed by atoms with Gasteiger partial charge in [-0.05, 0) is 31.7 Å². The molecule has 1 unspecified atom stereocenters. The first-order chi connectivity index (χ1) is 12.2. The largest absolute Gasteiger partial charge is 0.348 e. The Morgan fingerprint density at radius 1 is 1.31 bits per heavy atom. The van der Waals surface area contributed by atoms with E-state index in [2.05, 4.69) is 6.92 Å². The van der Waals surface area contributed by atoms with Gasteiger partial charge in [0.1, 0.15) is 4.83 Å². The minimum atomic E-state index is -0.260. The number of hydrogen-bond donors (Lipinski definition) is 0. The standard InChI is InChI=1S/C19H29N3O2S2/c1-8-9-10-22-17(23)14-12(4)13(5)25-16(14)20-19(22)26-15(11(2)3)18(24)21(6)7/h11,15H,8-10H2,1-7H3. The molecule has 2 heterocycles. The number of aromatic nitrogens is 2. The average Bonchev–Trinajstić information content (AvgIpc) is 2.85. The molecule has 26 heavy (non-hydrogen) atoms. The van der Waals surface area contributed by atoms with E-state index >= 15 is 0 Å². The first-order valence-electron chi connectivity index (χ1n) is 9.07. The van der Waals surface area contributed by atoms with Crippen molar-refractivity contribution in [2.24, 2.45) is 5.92 Å². The number of aryl methyl sites for hydroxylation is 2.